The number of carbonyl (C=O) groups excluding carboxylic acids is 1. The molecule has 0 N–H and O–H groups in total. The van der Waals surface area contributed by atoms with Gasteiger partial charge in [-0.15, -0.1) is 0 Å². The Bertz CT molecular complexity index is 523. The Balaban J connectivity index is 2.81. The lowest BCUT2D eigenvalue weighted by Gasteiger charge is -2.18. The summed E-state index contributed by atoms with van der Waals surface area (Å²) in [7, 11) is 1.62. The molecule has 0 aliphatic rings. The monoisotopic (exact) mass is 319 g/mol. The molecule has 1 amide bonds. The minimum absolute atomic E-state index is 0.0439. The van der Waals surface area contributed by atoms with E-state index in [1.165, 1.54) is 0 Å². The fourth-order valence-electron chi connectivity index (χ4n) is 2.19. The number of methoxy groups -OCH3 is 1. The van der Waals surface area contributed by atoms with Crippen LogP contribution in [0.3, 0.4) is 0 Å². The maximum Gasteiger partial charge on any atom is 0.246 e. The van der Waals surface area contributed by atoms with E-state index in [9.17, 15) is 4.79 Å². The van der Waals surface area contributed by atoms with Gasteiger partial charge >= 0.3 is 0 Å². The molecule has 0 spiro atoms. The first-order valence-electron chi connectivity index (χ1n) is 8.33. The molecule has 0 aromatic heterocycles. The summed E-state index contributed by atoms with van der Waals surface area (Å²) in [5, 5.41) is 0. The quantitative estimate of drug-likeness (QED) is 0.642. The molecule has 128 valence electrons. The summed E-state index contributed by atoms with van der Waals surface area (Å²) in [4.78, 5) is 14.1. The van der Waals surface area contributed by atoms with Gasteiger partial charge < -0.3 is 14.4 Å². The van der Waals surface area contributed by atoms with Gasteiger partial charge in [0.25, 0.3) is 0 Å². The van der Waals surface area contributed by atoms with Gasteiger partial charge in [-0.1, -0.05) is 19.4 Å². The molecule has 1 rings (SSSR count). The fraction of sp³-hybridized carbons (Fsp3) is 0.526. The number of carbonyl (C=O) groups is 1. The molecule has 1 aromatic rings. The number of rotatable bonds is 9. The topological polar surface area (TPSA) is 38.8 Å². The van der Waals surface area contributed by atoms with Gasteiger partial charge in [0.15, 0.2) is 11.5 Å². The van der Waals surface area contributed by atoms with E-state index < -0.39 is 0 Å². The van der Waals surface area contributed by atoms with Crippen LogP contribution < -0.4 is 9.47 Å². The van der Waals surface area contributed by atoms with Crippen LogP contribution in [0.5, 0.6) is 11.5 Å². The highest BCUT2D eigenvalue weighted by molar-refractivity contribution is 5.91. The second kappa shape index (κ2) is 9.93. The van der Waals surface area contributed by atoms with E-state index in [4.69, 9.17) is 9.47 Å². The summed E-state index contributed by atoms with van der Waals surface area (Å²) in [6.07, 6.45) is 5.64. The number of amides is 1. The number of hydrogen-bond acceptors (Lipinski definition) is 3. The van der Waals surface area contributed by atoms with E-state index >= 15 is 0 Å². The van der Waals surface area contributed by atoms with Gasteiger partial charge in [-0.2, -0.15) is 0 Å². The predicted molar refractivity (Wildman–Crippen MR) is 95.0 cm³/mol. The Hall–Kier alpha value is -1.97. The minimum Gasteiger partial charge on any atom is -0.493 e. The van der Waals surface area contributed by atoms with Crippen molar-refractivity contribution >= 4 is 12.0 Å². The first kappa shape index (κ1) is 19.1. The van der Waals surface area contributed by atoms with Gasteiger partial charge in [-0.25, -0.2) is 0 Å². The number of unbranched alkanes of at least 4 members (excludes halogenated alkanes) is 1. The molecule has 0 saturated carbocycles. The maximum absolute atomic E-state index is 12.2. The van der Waals surface area contributed by atoms with E-state index in [-0.39, 0.29) is 12.0 Å². The first-order valence-corrected chi connectivity index (χ1v) is 8.33. The van der Waals surface area contributed by atoms with Crippen molar-refractivity contribution in [3.63, 3.8) is 0 Å². The molecule has 0 heterocycles. The van der Waals surface area contributed by atoms with Crippen LogP contribution in [0.15, 0.2) is 24.3 Å². The SMILES string of the molecule is CCCCN(CC)C(=O)/C=C\c1ccc(OC(C)C)c(OC)c1. The van der Waals surface area contributed by atoms with E-state index in [0.29, 0.717) is 11.5 Å². The largest absolute Gasteiger partial charge is 0.493 e. The molecule has 4 nitrogen and oxygen atoms in total. The number of nitrogens with zero attached hydrogens (tertiary/aromatic N) is 1. The number of likely N-dealkylation sites (N-methyl/N-ethyl adjacent to an activating group) is 1. The zero-order valence-corrected chi connectivity index (χ0v) is 15.0. The normalized spacial score (nSPS) is 11.0. The van der Waals surface area contributed by atoms with Crippen molar-refractivity contribution in [3.05, 3.63) is 29.8 Å². The maximum atomic E-state index is 12.2. The highest BCUT2D eigenvalue weighted by Crippen LogP contribution is 2.29. The third kappa shape index (κ3) is 6.35. The number of ether oxygens (including phenoxy) is 2. The predicted octanol–water partition coefficient (Wildman–Crippen LogP) is 4.14. The highest BCUT2D eigenvalue weighted by Gasteiger charge is 2.09. The second-order valence-electron chi connectivity index (χ2n) is 5.68. The van der Waals surface area contributed by atoms with Gasteiger partial charge in [-0.05, 0) is 51.0 Å². The zero-order valence-electron chi connectivity index (χ0n) is 15.0. The van der Waals surface area contributed by atoms with Crippen molar-refractivity contribution in [1.29, 1.82) is 0 Å². The van der Waals surface area contributed by atoms with E-state index in [1.807, 2.05) is 49.9 Å². The van der Waals surface area contributed by atoms with Crippen molar-refractivity contribution in [2.45, 2.75) is 46.6 Å². The summed E-state index contributed by atoms with van der Waals surface area (Å²) < 4.78 is 11.1. The van der Waals surface area contributed by atoms with Crippen LogP contribution in [-0.2, 0) is 4.79 Å². The summed E-state index contributed by atoms with van der Waals surface area (Å²) in [6.45, 7) is 9.61. The van der Waals surface area contributed by atoms with Crippen molar-refractivity contribution in [2.24, 2.45) is 0 Å². The molecular formula is C19H29NO3. The van der Waals surface area contributed by atoms with Crippen molar-refractivity contribution in [3.8, 4) is 11.5 Å². The smallest absolute Gasteiger partial charge is 0.246 e. The van der Waals surface area contributed by atoms with E-state index in [0.717, 1.165) is 31.5 Å². The van der Waals surface area contributed by atoms with Crippen LogP contribution in [0.25, 0.3) is 6.08 Å². The van der Waals surface area contributed by atoms with Gasteiger partial charge in [-0.3, -0.25) is 4.79 Å². The van der Waals surface area contributed by atoms with Gasteiger partial charge in [0.2, 0.25) is 5.91 Å². The van der Waals surface area contributed by atoms with E-state index in [1.54, 1.807) is 13.2 Å². The zero-order chi connectivity index (χ0) is 17.2. The average Bonchev–Trinajstić information content (AvgIpc) is 2.54. The van der Waals surface area contributed by atoms with Crippen LogP contribution in [0.4, 0.5) is 0 Å². The van der Waals surface area contributed by atoms with E-state index in [2.05, 4.69) is 6.92 Å². The molecule has 0 saturated heterocycles. The summed E-state index contributed by atoms with van der Waals surface area (Å²) >= 11 is 0. The molecule has 0 unspecified atom stereocenters. The van der Waals surface area contributed by atoms with Gasteiger partial charge in [0, 0.05) is 19.2 Å². The Labute approximate surface area is 140 Å². The minimum atomic E-state index is 0.0439. The number of hydrogen-bond donors (Lipinski definition) is 0. The van der Waals surface area contributed by atoms with Crippen molar-refractivity contribution < 1.29 is 14.3 Å². The van der Waals surface area contributed by atoms with Gasteiger partial charge in [0.05, 0.1) is 13.2 Å². The molecule has 23 heavy (non-hydrogen) atoms. The average molecular weight is 319 g/mol. The lowest BCUT2D eigenvalue weighted by atomic mass is 10.2. The Kier molecular flexibility index (Phi) is 8.23. The molecule has 1 aromatic carbocycles. The lowest BCUT2D eigenvalue weighted by molar-refractivity contribution is -0.125. The molecule has 0 bridgehead atoms. The Morgan fingerprint density at radius 1 is 1.26 bits per heavy atom. The summed E-state index contributed by atoms with van der Waals surface area (Å²) in [5.41, 5.74) is 0.915. The van der Waals surface area contributed by atoms with Crippen LogP contribution in [0.2, 0.25) is 0 Å². The van der Waals surface area contributed by atoms with Crippen LogP contribution in [0.1, 0.15) is 46.1 Å². The molecule has 0 radical (unpaired) electrons. The van der Waals surface area contributed by atoms with Crippen LogP contribution in [0, 0.1) is 0 Å². The molecular weight excluding hydrogens is 290 g/mol. The lowest BCUT2D eigenvalue weighted by Crippen LogP contribution is -2.30. The van der Waals surface area contributed by atoms with Crippen molar-refractivity contribution in [1.82, 2.24) is 4.90 Å². The fourth-order valence-corrected chi connectivity index (χ4v) is 2.19. The second-order valence-corrected chi connectivity index (χ2v) is 5.68. The first-order chi connectivity index (χ1) is 11.0. The summed E-state index contributed by atoms with van der Waals surface area (Å²) in [5.74, 6) is 1.43. The molecule has 0 fully saturated rings. The standard InChI is InChI=1S/C19H29NO3/c1-6-8-13-20(7-2)19(21)12-10-16-9-11-17(23-15(3)4)18(14-16)22-5/h9-12,14-15H,6-8,13H2,1-5H3/b12-10-. The molecule has 0 aliphatic heterocycles. The molecule has 0 atom stereocenters. The molecule has 4 heteroatoms. The molecule has 0 aliphatic carbocycles. The third-order valence-electron chi connectivity index (χ3n) is 3.44. The van der Waals surface area contributed by atoms with Crippen LogP contribution >= 0.6 is 0 Å². The van der Waals surface area contributed by atoms with Crippen LogP contribution in [-0.4, -0.2) is 37.1 Å². The summed E-state index contributed by atoms with van der Waals surface area (Å²) in [6, 6.07) is 5.67. The van der Waals surface area contributed by atoms with Gasteiger partial charge in [0.1, 0.15) is 0 Å². The Morgan fingerprint density at radius 3 is 2.57 bits per heavy atom. The Morgan fingerprint density at radius 2 is 2.00 bits per heavy atom. The third-order valence-corrected chi connectivity index (χ3v) is 3.44. The highest BCUT2D eigenvalue weighted by atomic mass is 16.5. The number of benzene rings is 1. The van der Waals surface area contributed by atoms with Crippen molar-refractivity contribution in [2.75, 3.05) is 20.2 Å².